The highest BCUT2D eigenvalue weighted by atomic mass is 19.4. The Morgan fingerprint density at radius 1 is 1.10 bits per heavy atom. The fraction of sp³-hybridized carbons (Fsp3) is 0.556. The van der Waals surface area contributed by atoms with Crippen LogP contribution < -0.4 is 10.9 Å². The van der Waals surface area contributed by atoms with E-state index >= 15 is 0 Å². The summed E-state index contributed by atoms with van der Waals surface area (Å²) in [4.78, 5) is 40.5. The maximum atomic E-state index is 14.9. The van der Waals surface area contributed by atoms with Gasteiger partial charge < -0.3 is 9.64 Å². The number of amides is 3. The number of nitrogens with zero attached hydrogens (tertiary/aromatic N) is 2. The van der Waals surface area contributed by atoms with Crippen molar-refractivity contribution < 1.29 is 36.7 Å². The number of carbonyl (C=O) groups is 3. The van der Waals surface area contributed by atoms with Gasteiger partial charge in [0.15, 0.2) is 5.67 Å². The Kier molecular flexibility index (Phi) is 6.57. The van der Waals surface area contributed by atoms with Gasteiger partial charge in [-0.2, -0.15) is 13.2 Å². The summed E-state index contributed by atoms with van der Waals surface area (Å²) in [6.07, 6.45) is -6.05. The number of likely N-dealkylation sites (tertiary alicyclic amines) is 1. The van der Waals surface area contributed by atoms with Crippen molar-refractivity contribution in [3.05, 3.63) is 29.6 Å². The van der Waals surface area contributed by atoms with Crippen molar-refractivity contribution in [2.75, 3.05) is 13.1 Å². The zero-order chi connectivity index (χ0) is 22.7. The fourth-order valence-electron chi connectivity index (χ4n) is 2.61. The Balaban J connectivity index is 1.91. The summed E-state index contributed by atoms with van der Waals surface area (Å²) in [5, 5.41) is 0. The van der Waals surface area contributed by atoms with Gasteiger partial charge in [-0.3, -0.25) is 20.4 Å². The second kappa shape index (κ2) is 8.44. The van der Waals surface area contributed by atoms with Crippen LogP contribution in [0.25, 0.3) is 0 Å². The molecule has 1 aromatic heterocycles. The molecule has 1 aromatic rings. The summed E-state index contributed by atoms with van der Waals surface area (Å²) in [6.45, 7) is 4.89. The summed E-state index contributed by atoms with van der Waals surface area (Å²) in [5.74, 6) is -2.31. The Bertz CT molecular complexity index is 815. The number of piperidine rings is 1. The number of carbonyl (C=O) groups excluding carboxylic acids is 3. The first-order valence-corrected chi connectivity index (χ1v) is 9.03. The largest absolute Gasteiger partial charge is 0.444 e. The van der Waals surface area contributed by atoms with Crippen LogP contribution >= 0.6 is 0 Å². The van der Waals surface area contributed by atoms with E-state index in [-0.39, 0.29) is 25.9 Å². The van der Waals surface area contributed by atoms with Gasteiger partial charge in [0.2, 0.25) is 0 Å². The van der Waals surface area contributed by atoms with Gasteiger partial charge in [-0.15, -0.1) is 0 Å². The average molecular weight is 434 g/mol. The molecular formula is C18H22F4N4O4. The lowest BCUT2D eigenvalue weighted by Crippen LogP contribution is -2.56. The first kappa shape index (κ1) is 23.4. The molecule has 166 valence electrons. The molecule has 1 aliphatic rings. The van der Waals surface area contributed by atoms with Gasteiger partial charge in [-0.05, 0) is 32.9 Å². The molecule has 3 amide bonds. The van der Waals surface area contributed by atoms with Gasteiger partial charge in [0, 0.05) is 25.9 Å². The maximum Gasteiger partial charge on any atom is 0.433 e. The number of aromatic nitrogens is 1. The van der Waals surface area contributed by atoms with Gasteiger partial charge in [0.1, 0.15) is 17.0 Å². The Hall–Kier alpha value is -2.92. The molecule has 12 heteroatoms. The van der Waals surface area contributed by atoms with Gasteiger partial charge >= 0.3 is 12.3 Å². The lowest BCUT2D eigenvalue weighted by molar-refractivity contribution is -0.141. The number of halogens is 4. The van der Waals surface area contributed by atoms with E-state index in [9.17, 15) is 31.9 Å². The standard InChI is InChI=1S/C18H22F4N4O4/c1-16(2,3)30-15(29)26-9-7-17(19,8-10-26)14(28)25-24-13(27)11-5-4-6-12(23-11)18(20,21)22/h4-6H,7-10H2,1-3H3,(H,24,27)(H,25,28). The molecule has 0 unspecified atom stereocenters. The van der Waals surface area contributed by atoms with Crippen LogP contribution in [0.1, 0.15) is 49.8 Å². The molecule has 2 N–H and O–H groups in total. The van der Waals surface area contributed by atoms with E-state index in [4.69, 9.17) is 4.74 Å². The van der Waals surface area contributed by atoms with Crippen LogP contribution in [0.4, 0.5) is 22.4 Å². The van der Waals surface area contributed by atoms with E-state index in [0.29, 0.717) is 6.07 Å². The number of nitrogens with one attached hydrogen (secondary N) is 2. The van der Waals surface area contributed by atoms with E-state index < -0.39 is 46.7 Å². The molecule has 8 nitrogen and oxygen atoms in total. The number of hydrazine groups is 1. The van der Waals surface area contributed by atoms with Gasteiger partial charge in [0.05, 0.1) is 0 Å². The smallest absolute Gasteiger partial charge is 0.433 e. The first-order chi connectivity index (χ1) is 13.7. The SMILES string of the molecule is CC(C)(C)OC(=O)N1CCC(F)(C(=O)NNC(=O)c2cccc(C(F)(F)F)n2)CC1. The summed E-state index contributed by atoms with van der Waals surface area (Å²) < 4.78 is 58.1. The molecule has 0 spiro atoms. The molecule has 0 radical (unpaired) electrons. The molecule has 2 rings (SSSR count). The summed E-state index contributed by atoms with van der Waals surface area (Å²) in [6, 6.07) is 2.68. The monoisotopic (exact) mass is 434 g/mol. The second-order valence-electron chi connectivity index (χ2n) is 7.75. The van der Waals surface area contributed by atoms with Crippen molar-refractivity contribution in [1.29, 1.82) is 0 Å². The molecule has 0 bridgehead atoms. The van der Waals surface area contributed by atoms with E-state index in [2.05, 4.69) is 4.98 Å². The highest BCUT2D eigenvalue weighted by Gasteiger charge is 2.43. The molecule has 0 saturated carbocycles. The fourth-order valence-corrected chi connectivity index (χ4v) is 2.61. The van der Waals surface area contributed by atoms with Gasteiger partial charge in [0.25, 0.3) is 11.8 Å². The highest BCUT2D eigenvalue weighted by molar-refractivity contribution is 5.95. The number of hydrogen-bond donors (Lipinski definition) is 2. The van der Waals surface area contributed by atoms with E-state index in [1.54, 1.807) is 20.8 Å². The van der Waals surface area contributed by atoms with Crippen molar-refractivity contribution in [1.82, 2.24) is 20.7 Å². The van der Waals surface area contributed by atoms with Crippen LogP contribution in [0.15, 0.2) is 18.2 Å². The van der Waals surface area contributed by atoms with Crippen LogP contribution in [0.5, 0.6) is 0 Å². The van der Waals surface area contributed by atoms with Crippen LogP contribution in [-0.2, 0) is 15.7 Å². The minimum atomic E-state index is -4.75. The van der Waals surface area contributed by atoms with Gasteiger partial charge in [-0.1, -0.05) is 6.07 Å². The second-order valence-corrected chi connectivity index (χ2v) is 7.75. The third-order valence-electron chi connectivity index (χ3n) is 4.18. The molecule has 0 aliphatic carbocycles. The molecule has 30 heavy (non-hydrogen) atoms. The summed E-state index contributed by atoms with van der Waals surface area (Å²) in [5.41, 5.74) is -1.26. The minimum absolute atomic E-state index is 0.0814. The predicted octanol–water partition coefficient (Wildman–Crippen LogP) is 2.60. The number of ether oxygens (including phenoxy) is 1. The molecular weight excluding hydrogens is 412 g/mol. The molecule has 2 heterocycles. The van der Waals surface area contributed by atoms with Crippen molar-refractivity contribution in [3.8, 4) is 0 Å². The average Bonchev–Trinajstić information content (AvgIpc) is 2.64. The molecule has 1 saturated heterocycles. The summed E-state index contributed by atoms with van der Waals surface area (Å²) >= 11 is 0. The molecule has 0 atom stereocenters. The van der Waals surface area contributed by atoms with E-state index in [0.717, 1.165) is 12.1 Å². The third-order valence-corrected chi connectivity index (χ3v) is 4.18. The third kappa shape index (κ3) is 6.04. The van der Waals surface area contributed by atoms with Crippen LogP contribution in [-0.4, -0.2) is 52.2 Å². The van der Waals surface area contributed by atoms with Crippen molar-refractivity contribution in [2.45, 2.75) is 51.1 Å². The van der Waals surface area contributed by atoms with Gasteiger partial charge in [-0.25, -0.2) is 14.2 Å². The zero-order valence-corrected chi connectivity index (χ0v) is 16.6. The highest BCUT2D eigenvalue weighted by Crippen LogP contribution is 2.28. The number of hydrogen-bond acceptors (Lipinski definition) is 5. The van der Waals surface area contributed by atoms with Crippen LogP contribution in [0, 0.1) is 0 Å². The normalized spacial score (nSPS) is 16.6. The van der Waals surface area contributed by atoms with E-state index in [1.165, 1.54) is 4.90 Å². The molecule has 1 aliphatic heterocycles. The zero-order valence-electron chi connectivity index (χ0n) is 16.6. The Morgan fingerprint density at radius 3 is 2.23 bits per heavy atom. The van der Waals surface area contributed by atoms with Crippen molar-refractivity contribution in [3.63, 3.8) is 0 Å². The first-order valence-electron chi connectivity index (χ1n) is 9.03. The predicted molar refractivity (Wildman–Crippen MR) is 95.7 cm³/mol. The molecule has 1 fully saturated rings. The van der Waals surface area contributed by atoms with Crippen LogP contribution in [0.2, 0.25) is 0 Å². The van der Waals surface area contributed by atoms with Crippen LogP contribution in [0.3, 0.4) is 0 Å². The summed E-state index contributed by atoms with van der Waals surface area (Å²) in [7, 11) is 0. The minimum Gasteiger partial charge on any atom is -0.444 e. The Morgan fingerprint density at radius 2 is 1.70 bits per heavy atom. The van der Waals surface area contributed by atoms with E-state index in [1.807, 2.05) is 10.9 Å². The van der Waals surface area contributed by atoms with Crippen molar-refractivity contribution >= 4 is 17.9 Å². The lowest BCUT2D eigenvalue weighted by Gasteiger charge is -2.36. The Labute approximate surface area is 169 Å². The maximum absolute atomic E-state index is 14.9. The number of alkyl halides is 4. The topological polar surface area (TPSA) is 101 Å². The number of rotatable bonds is 2. The molecule has 0 aromatic carbocycles. The lowest BCUT2D eigenvalue weighted by atomic mass is 9.93. The van der Waals surface area contributed by atoms with Crippen molar-refractivity contribution in [2.24, 2.45) is 0 Å². The quantitative estimate of drug-likeness (QED) is 0.551. The number of pyridine rings is 1.